The molecule has 0 bridgehead atoms. The van der Waals surface area contributed by atoms with Crippen LogP contribution in [0.15, 0.2) is 30.6 Å². The molecule has 1 unspecified atom stereocenters. The summed E-state index contributed by atoms with van der Waals surface area (Å²) >= 11 is 0. The van der Waals surface area contributed by atoms with Crippen LogP contribution in [0, 0.1) is 5.92 Å². The molecule has 110 valence electrons. The SMILES string of the molecule is O=C(Cn1cnc2ccccc21)C1CCOC2(CCC2)C1. The van der Waals surface area contributed by atoms with E-state index in [-0.39, 0.29) is 11.5 Å². The van der Waals surface area contributed by atoms with Gasteiger partial charge in [0.15, 0.2) is 5.78 Å². The van der Waals surface area contributed by atoms with Gasteiger partial charge in [0, 0.05) is 12.5 Å². The lowest BCUT2D eigenvalue weighted by Gasteiger charge is -2.46. The van der Waals surface area contributed by atoms with E-state index in [2.05, 4.69) is 4.98 Å². The number of fused-ring (bicyclic) bond motifs is 1. The average molecular weight is 284 g/mol. The molecular weight excluding hydrogens is 264 g/mol. The van der Waals surface area contributed by atoms with Crippen LogP contribution in [0.1, 0.15) is 32.1 Å². The molecule has 2 heterocycles. The molecule has 1 saturated heterocycles. The van der Waals surface area contributed by atoms with Crippen molar-refractivity contribution in [3.05, 3.63) is 30.6 Å². The number of imidazole rings is 1. The molecule has 21 heavy (non-hydrogen) atoms. The second-order valence-electron chi connectivity index (χ2n) is 6.40. The Morgan fingerprint density at radius 2 is 2.24 bits per heavy atom. The van der Waals surface area contributed by atoms with E-state index in [1.54, 1.807) is 6.33 Å². The number of ketones is 1. The summed E-state index contributed by atoms with van der Waals surface area (Å²) in [6, 6.07) is 7.96. The Hall–Kier alpha value is -1.68. The number of carbonyl (C=O) groups is 1. The van der Waals surface area contributed by atoms with Crippen molar-refractivity contribution < 1.29 is 9.53 Å². The van der Waals surface area contributed by atoms with Gasteiger partial charge in [0.05, 0.1) is 29.5 Å². The fourth-order valence-electron chi connectivity index (χ4n) is 3.66. The zero-order valence-corrected chi connectivity index (χ0v) is 12.1. The summed E-state index contributed by atoms with van der Waals surface area (Å²) in [5.41, 5.74) is 2.03. The highest BCUT2D eigenvalue weighted by molar-refractivity contribution is 5.83. The van der Waals surface area contributed by atoms with E-state index >= 15 is 0 Å². The number of nitrogens with zero attached hydrogens (tertiary/aromatic N) is 2. The van der Waals surface area contributed by atoms with Gasteiger partial charge in [-0.05, 0) is 44.2 Å². The first kappa shape index (κ1) is 13.0. The summed E-state index contributed by atoms with van der Waals surface area (Å²) in [4.78, 5) is 17.0. The summed E-state index contributed by atoms with van der Waals surface area (Å²) < 4.78 is 7.89. The third kappa shape index (κ3) is 2.27. The van der Waals surface area contributed by atoms with Crippen LogP contribution < -0.4 is 0 Å². The van der Waals surface area contributed by atoms with Crippen molar-refractivity contribution in [3.63, 3.8) is 0 Å². The lowest BCUT2D eigenvalue weighted by atomic mass is 9.71. The highest BCUT2D eigenvalue weighted by Gasteiger charge is 2.44. The van der Waals surface area contributed by atoms with Gasteiger partial charge in [-0.25, -0.2) is 4.98 Å². The van der Waals surface area contributed by atoms with Crippen LogP contribution in [0.25, 0.3) is 11.0 Å². The number of ether oxygens (including phenoxy) is 1. The van der Waals surface area contributed by atoms with Gasteiger partial charge in [0.2, 0.25) is 0 Å². The maximum Gasteiger partial charge on any atom is 0.155 e. The average Bonchev–Trinajstić information content (AvgIpc) is 2.89. The number of hydrogen-bond donors (Lipinski definition) is 0. The van der Waals surface area contributed by atoms with Crippen LogP contribution in [0.5, 0.6) is 0 Å². The number of carbonyl (C=O) groups excluding carboxylic acids is 1. The lowest BCUT2D eigenvalue weighted by molar-refractivity contribution is -0.155. The number of hydrogen-bond acceptors (Lipinski definition) is 3. The first-order chi connectivity index (χ1) is 10.3. The molecule has 1 spiro atoms. The normalized spacial score (nSPS) is 24.1. The molecule has 2 aromatic rings. The van der Waals surface area contributed by atoms with Crippen molar-refractivity contribution in [1.29, 1.82) is 0 Å². The van der Waals surface area contributed by atoms with Crippen molar-refractivity contribution in [1.82, 2.24) is 9.55 Å². The first-order valence-electron chi connectivity index (χ1n) is 7.82. The number of aromatic nitrogens is 2. The predicted molar refractivity (Wildman–Crippen MR) is 80.0 cm³/mol. The summed E-state index contributed by atoms with van der Waals surface area (Å²) in [5.74, 6) is 0.480. The highest BCUT2D eigenvalue weighted by Crippen LogP contribution is 2.44. The van der Waals surface area contributed by atoms with E-state index in [0.29, 0.717) is 12.3 Å². The summed E-state index contributed by atoms with van der Waals surface area (Å²) in [7, 11) is 0. The lowest BCUT2D eigenvalue weighted by Crippen LogP contribution is -2.47. The van der Waals surface area contributed by atoms with Gasteiger partial charge in [-0.1, -0.05) is 12.1 Å². The maximum absolute atomic E-state index is 12.6. The van der Waals surface area contributed by atoms with Gasteiger partial charge in [-0.2, -0.15) is 0 Å². The third-order valence-corrected chi connectivity index (χ3v) is 5.07. The van der Waals surface area contributed by atoms with Gasteiger partial charge in [0.1, 0.15) is 0 Å². The van der Waals surface area contributed by atoms with Crippen molar-refractivity contribution >= 4 is 16.8 Å². The van der Waals surface area contributed by atoms with Gasteiger partial charge >= 0.3 is 0 Å². The summed E-state index contributed by atoms with van der Waals surface area (Å²) in [6.07, 6.45) is 7.06. The van der Waals surface area contributed by atoms with Crippen LogP contribution in [0.2, 0.25) is 0 Å². The Labute approximate surface area is 124 Å². The Balaban J connectivity index is 1.50. The van der Waals surface area contributed by atoms with Crippen LogP contribution in [-0.2, 0) is 16.1 Å². The van der Waals surface area contributed by atoms with Gasteiger partial charge in [-0.3, -0.25) is 4.79 Å². The van der Waals surface area contributed by atoms with Crippen molar-refractivity contribution in [2.45, 2.75) is 44.2 Å². The molecule has 4 heteroatoms. The molecule has 0 amide bonds. The molecule has 4 rings (SSSR count). The summed E-state index contributed by atoms with van der Waals surface area (Å²) in [6.45, 7) is 1.17. The maximum atomic E-state index is 12.6. The number of benzene rings is 1. The Morgan fingerprint density at radius 1 is 1.38 bits per heavy atom. The van der Waals surface area contributed by atoms with Crippen LogP contribution in [0.4, 0.5) is 0 Å². The fraction of sp³-hybridized carbons (Fsp3) is 0.529. The fourth-order valence-corrected chi connectivity index (χ4v) is 3.66. The zero-order valence-electron chi connectivity index (χ0n) is 12.1. The van der Waals surface area contributed by atoms with Gasteiger partial charge < -0.3 is 9.30 Å². The van der Waals surface area contributed by atoms with Gasteiger partial charge in [-0.15, -0.1) is 0 Å². The minimum Gasteiger partial charge on any atom is -0.375 e. The molecule has 0 radical (unpaired) electrons. The molecule has 2 aliphatic rings. The Morgan fingerprint density at radius 3 is 3.05 bits per heavy atom. The van der Waals surface area contributed by atoms with E-state index in [1.807, 2.05) is 28.8 Å². The third-order valence-electron chi connectivity index (χ3n) is 5.07. The zero-order chi connectivity index (χ0) is 14.3. The standard InChI is InChI=1S/C17H20N2O2/c20-16(13-6-9-21-17(10-13)7-3-8-17)11-19-12-18-14-4-1-2-5-15(14)19/h1-2,4-5,12-13H,3,6-11H2. The largest absolute Gasteiger partial charge is 0.375 e. The van der Waals surface area contributed by atoms with E-state index in [4.69, 9.17) is 4.74 Å². The highest BCUT2D eigenvalue weighted by atomic mass is 16.5. The van der Waals surface area contributed by atoms with E-state index in [9.17, 15) is 4.79 Å². The van der Waals surface area contributed by atoms with Gasteiger partial charge in [0.25, 0.3) is 0 Å². The molecule has 1 aliphatic carbocycles. The van der Waals surface area contributed by atoms with Crippen molar-refractivity contribution in [2.75, 3.05) is 6.61 Å². The molecule has 2 fully saturated rings. The molecule has 1 saturated carbocycles. The smallest absolute Gasteiger partial charge is 0.155 e. The number of para-hydroxylation sites is 2. The molecule has 1 aromatic carbocycles. The molecule has 1 aliphatic heterocycles. The Bertz CT molecular complexity index is 672. The number of rotatable bonds is 3. The minimum absolute atomic E-state index is 0.0373. The summed E-state index contributed by atoms with van der Waals surface area (Å²) in [5, 5.41) is 0. The van der Waals surface area contributed by atoms with E-state index < -0.39 is 0 Å². The molecule has 4 nitrogen and oxygen atoms in total. The first-order valence-corrected chi connectivity index (χ1v) is 7.82. The predicted octanol–water partition coefficient (Wildman–Crippen LogP) is 2.95. The second kappa shape index (κ2) is 4.95. The van der Waals surface area contributed by atoms with Crippen molar-refractivity contribution in [3.8, 4) is 0 Å². The molecule has 0 N–H and O–H groups in total. The molecule has 1 atom stereocenters. The Kier molecular flexibility index (Phi) is 3.07. The molecular formula is C17H20N2O2. The quantitative estimate of drug-likeness (QED) is 0.870. The van der Waals surface area contributed by atoms with Crippen molar-refractivity contribution in [2.24, 2.45) is 5.92 Å². The molecule has 1 aromatic heterocycles. The van der Waals surface area contributed by atoms with Crippen LogP contribution >= 0.6 is 0 Å². The van der Waals surface area contributed by atoms with Crippen LogP contribution in [-0.4, -0.2) is 27.5 Å². The topological polar surface area (TPSA) is 44.1 Å². The van der Waals surface area contributed by atoms with E-state index in [1.165, 1.54) is 6.42 Å². The van der Waals surface area contributed by atoms with Crippen LogP contribution in [0.3, 0.4) is 0 Å². The number of Topliss-reactive ketones (excluding diaryl/α,β-unsaturated/α-hetero) is 1. The second-order valence-corrected chi connectivity index (χ2v) is 6.40. The van der Waals surface area contributed by atoms with E-state index in [0.717, 1.165) is 43.3 Å². The monoisotopic (exact) mass is 284 g/mol. The minimum atomic E-state index is 0.0373.